The number of Topliss-reactive ketones (excluding diaryl/α,β-unsaturated/α-hetero) is 2. The first-order valence-corrected chi connectivity index (χ1v) is 8.28. The number of phenols is 2. The van der Waals surface area contributed by atoms with Gasteiger partial charge in [-0.15, -0.1) is 0 Å². The summed E-state index contributed by atoms with van der Waals surface area (Å²) in [5, 5.41) is 20.3. The lowest BCUT2D eigenvalue weighted by Crippen LogP contribution is -2.18. The average molecular weight is 404 g/mol. The number of hydrogen-bond donors (Lipinski definition) is 2. The number of carbonyl (C=O) groups excluding carboxylic acids is 4. The van der Waals surface area contributed by atoms with E-state index in [1.807, 2.05) is 0 Å². The normalized spacial score (nSPS) is 10.3. The standard InChI is InChI=1S/C20H17FO8/c1-9(22)14-16(20(27)28-8-12-5-4-6-13(21)7-12)15(10(2)23)19(29-11(3)24)18(26)17(14)25/h4-7,25-26H,8H2,1-3H3. The van der Waals surface area contributed by atoms with Gasteiger partial charge in [0.05, 0.1) is 16.7 Å². The molecule has 2 N–H and O–H groups in total. The van der Waals surface area contributed by atoms with Crippen LogP contribution in [0.2, 0.25) is 0 Å². The monoisotopic (exact) mass is 404 g/mol. The van der Waals surface area contributed by atoms with Crippen LogP contribution in [-0.2, 0) is 16.1 Å². The molecular weight excluding hydrogens is 387 g/mol. The minimum absolute atomic E-state index is 0.287. The Morgan fingerprint density at radius 1 is 0.931 bits per heavy atom. The predicted molar refractivity (Wildman–Crippen MR) is 96.6 cm³/mol. The third kappa shape index (κ3) is 4.57. The lowest BCUT2D eigenvalue weighted by molar-refractivity contribution is -0.132. The van der Waals surface area contributed by atoms with E-state index in [4.69, 9.17) is 9.47 Å². The highest BCUT2D eigenvalue weighted by Gasteiger charge is 2.34. The fourth-order valence-corrected chi connectivity index (χ4v) is 2.67. The van der Waals surface area contributed by atoms with Gasteiger partial charge in [0.25, 0.3) is 0 Å². The van der Waals surface area contributed by atoms with E-state index in [2.05, 4.69) is 0 Å². The minimum Gasteiger partial charge on any atom is -0.504 e. The number of hydrogen-bond acceptors (Lipinski definition) is 8. The first kappa shape index (κ1) is 21.5. The molecule has 0 atom stereocenters. The first-order valence-electron chi connectivity index (χ1n) is 8.28. The van der Waals surface area contributed by atoms with Crippen molar-refractivity contribution in [2.24, 2.45) is 0 Å². The van der Waals surface area contributed by atoms with E-state index in [9.17, 15) is 33.8 Å². The molecular formula is C20H17FO8. The Morgan fingerprint density at radius 3 is 2.07 bits per heavy atom. The number of esters is 2. The maximum absolute atomic E-state index is 13.3. The lowest BCUT2D eigenvalue weighted by Gasteiger charge is -2.18. The molecule has 152 valence electrons. The molecule has 0 heterocycles. The molecule has 8 nitrogen and oxygen atoms in total. The maximum atomic E-state index is 13.3. The van der Waals surface area contributed by atoms with Crippen molar-refractivity contribution >= 4 is 23.5 Å². The van der Waals surface area contributed by atoms with E-state index in [1.165, 1.54) is 18.2 Å². The second-order valence-corrected chi connectivity index (χ2v) is 6.06. The van der Waals surface area contributed by atoms with Gasteiger partial charge in [0, 0.05) is 6.92 Å². The molecule has 0 aliphatic carbocycles. The number of ketones is 2. The van der Waals surface area contributed by atoms with E-state index < -0.39 is 69.9 Å². The Morgan fingerprint density at radius 2 is 1.55 bits per heavy atom. The fraction of sp³-hybridized carbons (Fsp3) is 0.200. The van der Waals surface area contributed by atoms with Gasteiger partial charge in [-0.25, -0.2) is 9.18 Å². The Balaban J connectivity index is 2.64. The van der Waals surface area contributed by atoms with Crippen LogP contribution in [0.1, 0.15) is 57.4 Å². The largest absolute Gasteiger partial charge is 0.504 e. The van der Waals surface area contributed by atoms with Gasteiger partial charge in [-0.1, -0.05) is 12.1 Å². The van der Waals surface area contributed by atoms with Crippen LogP contribution < -0.4 is 4.74 Å². The van der Waals surface area contributed by atoms with Crippen molar-refractivity contribution in [3.05, 3.63) is 52.3 Å². The summed E-state index contributed by atoms with van der Waals surface area (Å²) in [5.41, 5.74) is -1.67. The molecule has 29 heavy (non-hydrogen) atoms. The molecule has 0 saturated heterocycles. The van der Waals surface area contributed by atoms with Crippen LogP contribution in [-0.4, -0.2) is 33.7 Å². The van der Waals surface area contributed by atoms with Crippen molar-refractivity contribution in [3.63, 3.8) is 0 Å². The number of benzene rings is 2. The highest BCUT2D eigenvalue weighted by atomic mass is 19.1. The molecule has 0 unspecified atom stereocenters. The number of carbonyl (C=O) groups is 4. The Labute approximate surface area is 164 Å². The van der Waals surface area contributed by atoms with Gasteiger partial charge in [-0.3, -0.25) is 14.4 Å². The van der Waals surface area contributed by atoms with Crippen molar-refractivity contribution in [1.29, 1.82) is 0 Å². The Hall–Kier alpha value is -3.75. The smallest absolute Gasteiger partial charge is 0.340 e. The van der Waals surface area contributed by atoms with Crippen molar-refractivity contribution < 1.29 is 43.3 Å². The molecule has 0 aromatic heterocycles. The van der Waals surface area contributed by atoms with Gasteiger partial charge >= 0.3 is 11.9 Å². The summed E-state index contributed by atoms with van der Waals surface area (Å²) in [6, 6.07) is 5.18. The molecule has 0 amide bonds. The number of aromatic hydroxyl groups is 2. The zero-order chi connectivity index (χ0) is 21.9. The van der Waals surface area contributed by atoms with Crippen molar-refractivity contribution in [3.8, 4) is 17.2 Å². The number of phenolic OH excluding ortho intramolecular Hbond substituents is 2. The fourth-order valence-electron chi connectivity index (χ4n) is 2.67. The highest BCUT2D eigenvalue weighted by Crippen LogP contribution is 2.45. The zero-order valence-electron chi connectivity index (χ0n) is 15.7. The van der Waals surface area contributed by atoms with Crippen LogP contribution >= 0.6 is 0 Å². The quantitative estimate of drug-likeness (QED) is 0.326. The van der Waals surface area contributed by atoms with Crippen molar-refractivity contribution in [2.45, 2.75) is 27.4 Å². The molecule has 0 aliphatic heterocycles. The molecule has 0 spiro atoms. The van der Waals surface area contributed by atoms with E-state index in [0.717, 1.165) is 26.8 Å². The predicted octanol–water partition coefficient (Wildman–Crippen LogP) is 2.92. The summed E-state index contributed by atoms with van der Waals surface area (Å²) in [6.45, 7) is 2.57. The maximum Gasteiger partial charge on any atom is 0.340 e. The summed E-state index contributed by atoms with van der Waals surface area (Å²) in [4.78, 5) is 48.3. The van der Waals surface area contributed by atoms with Crippen molar-refractivity contribution in [1.82, 2.24) is 0 Å². The zero-order valence-corrected chi connectivity index (χ0v) is 15.7. The highest BCUT2D eigenvalue weighted by molar-refractivity contribution is 6.16. The number of rotatable bonds is 6. The van der Waals surface area contributed by atoms with Gasteiger partial charge in [0.15, 0.2) is 23.1 Å². The third-order valence-electron chi connectivity index (χ3n) is 3.82. The molecule has 9 heteroatoms. The van der Waals surface area contributed by atoms with Gasteiger partial charge in [0.2, 0.25) is 5.75 Å². The SMILES string of the molecule is CC(=O)Oc1c(O)c(O)c(C(C)=O)c(C(=O)OCc2cccc(F)c2)c1C(C)=O. The van der Waals surface area contributed by atoms with Crippen LogP contribution in [0.25, 0.3) is 0 Å². The summed E-state index contributed by atoms with van der Waals surface area (Å²) in [7, 11) is 0. The first-order chi connectivity index (χ1) is 13.5. The van der Waals surface area contributed by atoms with E-state index in [-0.39, 0.29) is 5.56 Å². The molecule has 0 fully saturated rings. The van der Waals surface area contributed by atoms with E-state index in [0.29, 0.717) is 0 Å². The van der Waals surface area contributed by atoms with Gasteiger partial charge in [-0.2, -0.15) is 0 Å². The Kier molecular flexibility index (Phi) is 6.32. The average Bonchev–Trinajstić information content (AvgIpc) is 2.62. The summed E-state index contributed by atoms with van der Waals surface area (Å²) in [6.07, 6.45) is 0. The van der Waals surface area contributed by atoms with Crippen LogP contribution in [0, 0.1) is 5.82 Å². The van der Waals surface area contributed by atoms with Crippen molar-refractivity contribution in [2.75, 3.05) is 0 Å². The number of halogens is 1. The van der Waals surface area contributed by atoms with E-state index >= 15 is 0 Å². The molecule has 2 rings (SSSR count). The van der Waals surface area contributed by atoms with Crippen LogP contribution in [0.4, 0.5) is 4.39 Å². The topological polar surface area (TPSA) is 127 Å². The van der Waals surface area contributed by atoms with Crippen LogP contribution in [0.15, 0.2) is 24.3 Å². The summed E-state index contributed by atoms with van der Waals surface area (Å²) in [5.74, 6) is -7.28. The van der Waals surface area contributed by atoms with Gasteiger partial charge in [0.1, 0.15) is 12.4 Å². The number of ether oxygens (including phenoxy) is 2. The molecule has 0 bridgehead atoms. The second-order valence-electron chi connectivity index (χ2n) is 6.06. The molecule has 2 aromatic rings. The van der Waals surface area contributed by atoms with E-state index in [1.54, 1.807) is 0 Å². The second kappa shape index (κ2) is 8.51. The van der Waals surface area contributed by atoms with Crippen LogP contribution in [0.3, 0.4) is 0 Å². The van der Waals surface area contributed by atoms with Gasteiger partial charge in [-0.05, 0) is 31.5 Å². The third-order valence-corrected chi connectivity index (χ3v) is 3.82. The Bertz CT molecular complexity index is 1030. The molecule has 0 radical (unpaired) electrons. The molecule has 2 aromatic carbocycles. The summed E-state index contributed by atoms with van der Waals surface area (Å²) >= 11 is 0. The lowest BCUT2D eigenvalue weighted by atomic mass is 9.93. The minimum atomic E-state index is -1.21. The summed E-state index contributed by atoms with van der Waals surface area (Å²) < 4.78 is 23.1. The van der Waals surface area contributed by atoms with Gasteiger partial charge < -0.3 is 19.7 Å². The van der Waals surface area contributed by atoms with Crippen LogP contribution in [0.5, 0.6) is 17.2 Å². The molecule has 0 aliphatic rings. The molecule has 0 saturated carbocycles.